The zero-order chi connectivity index (χ0) is 14.2. The highest BCUT2D eigenvalue weighted by molar-refractivity contribution is 7.91. The molecule has 1 aliphatic rings. The summed E-state index contributed by atoms with van der Waals surface area (Å²) in [7, 11) is -3.01. The molecule has 0 bridgehead atoms. The van der Waals surface area contributed by atoms with E-state index in [1.54, 1.807) is 18.7 Å². The van der Waals surface area contributed by atoms with Crippen LogP contribution in [0.4, 0.5) is 0 Å². The van der Waals surface area contributed by atoms with E-state index in [-0.39, 0.29) is 29.2 Å². The first kappa shape index (κ1) is 14.0. The van der Waals surface area contributed by atoms with Gasteiger partial charge in [0.05, 0.1) is 17.2 Å². The number of hydrogen-bond donors (Lipinski definition) is 0. The van der Waals surface area contributed by atoms with Crippen molar-refractivity contribution in [2.24, 2.45) is 0 Å². The molecular formula is C12H18N2O4S. The van der Waals surface area contributed by atoms with Crippen LogP contribution in [0, 0.1) is 13.8 Å². The van der Waals surface area contributed by atoms with Crippen molar-refractivity contribution in [3.8, 4) is 0 Å². The van der Waals surface area contributed by atoms with E-state index >= 15 is 0 Å². The zero-order valence-corrected chi connectivity index (χ0v) is 12.2. The lowest BCUT2D eigenvalue weighted by molar-refractivity contribution is 0.0673. The number of oxazole rings is 1. The zero-order valence-electron chi connectivity index (χ0n) is 11.3. The molecule has 1 aromatic heterocycles. The van der Waals surface area contributed by atoms with Crippen LogP contribution in [0.1, 0.15) is 35.5 Å². The molecule has 1 saturated heterocycles. The van der Waals surface area contributed by atoms with Crippen molar-refractivity contribution in [2.45, 2.75) is 33.2 Å². The van der Waals surface area contributed by atoms with Crippen molar-refractivity contribution in [3.05, 3.63) is 17.3 Å². The summed E-state index contributed by atoms with van der Waals surface area (Å²) in [6.07, 6.45) is 0.494. The molecule has 1 fully saturated rings. The van der Waals surface area contributed by atoms with Crippen molar-refractivity contribution < 1.29 is 17.6 Å². The number of carbonyl (C=O) groups is 1. The molecule has 0 aromatic carbocycles. The molecule has 1 atom stereocenters. The van der Waals surface area contributed by atoms with E-state index in [4.69, 9.17) is 4.42 Å². The van der Waals surface area contributed by atoms with Crippen LogP contribution in [-0.4, -0.2) is 48.3 Å². The molecule has 19 heavy (non-hydrogen) atoms. The normalized spacial score (nSPS) is 21.5. The standard InChI is InChI=1S/C12H18N2O4S/c1-4-14(10-5-6-19(16,17)7-10)12(15)11-8(2)13-9(3)18-11/h10H,4-7H2,1-3H3. The van der Waals surface area contributed by atoms with Crippen LogP contribution in [0.25, 0.3) is 0 Å². The first-order valence-corrected chi connectivity index (χ1v) is 8.11. The third-order valence-corrected chi connectivity index (χ3v) is 5.10. The van der Waals surface area contributed by atoms with E-state index in [1.165, 1.54) is 0 Å². The lowest BCUT2D eigenvalue weighted by atomic mass is 10.2. The topological polar surface area (TPSA) is 80.5 Å². The Morgan fingerprint density at radius 1 is 1.47 bits per heavy atom. The molecule has 106 valence electrons. The van der Waals surface area contributed by atoms with Crippen LogP contribution in [0.15, 0.2) is 4.42 Å². The molecule has 1 aliphatic heterocycles. The number of amides is 1. The summed E-state index contributed by atoms with van der Waals surface area (Å²) in [5.41, 5.74) is 0.543. The van der Waals surface area contributed by atoms with E-state index in [0.29, 0.717) is 24.6 Å². The lowest BCUT2D eigenvalue weighted by Gasteiger charge is -2.25. The Bertz CT molecular complexity index is 591. The molecule has 7 heteroatoms. The second-order valence-electron chi connectivity index (χ2n) is 4.80. The first-order valence-electron chi connectivity index (χ1n) is 6.29. The van der Waals surface area contributed by atoms with Crippen LogP contribution >= 0.6 is 0 Å². The third-order valence-electron chi connectivity index (χ3n) is 3.35. The molecule has 0 aliphatic carbocycles. The van der Waals surface area contributed by atoms with Gasteiger partial charge < -0.3 is 9.32 Å². The predicted molar refractivity (Wildman–Crippen MR) is 69.7 cm³/mol. The van der Waals surface area contributed by atoms with Gasteiger partial charge in [0.15, 0.2) is 15.7 Å². The van der Waals surface area contributed by atoms with Crippen LogP contribution in [0.5, 0.6) is 0 Å². The van der Waals surface area contributed by atoms with Gasteiger partial charge in [0.2, 0.25) is 5.76 Å². The second-order valence-corrected chi connectivity index (χ2v) is 7.02. The first-order chi connectivity index (χ1) is 8.84. The van der Waals surface area contributed by atoms with Gasteiger partial charge in [0.1, 0.15) is 0 Å². The van der Waals surface area contributed by atoms with Crippen molar-refractivity contribution >= 4 is 15.7 Å². The molecule has 1 amide bonds. The Morgan fingerprint density at radius 3 is 2.58 bits per heavy atom. The Kier molecular flexibility index (Phi) is 3.66. The van der Waals surface area contributed by atoms with Gasteiger partial charge in [-0.2, -0.15) is 0 Å². The monoisotopic (exact) mass is 286 g/mol. The fourth-order valence-corrected chi connectivity index (χ4v) is 4.18. The highest BCUT2D eigenvalue weighted by Gasteiger charge is 2.35. The van der Waals surface area contributed by atoms with Gasteiger partial charge in [-0.15, -0.1) is 0 Å². The summed E-state index contributed by atoms with van der Waals surface area (Å²) >= 11 is 0. The maximum Gasteiger partial charge on any atom is 0.291 e. The van der Waals surface area contributed by atoms with Crippen molar-refractivity contribution in [3.63, 3.8) is 0 Å². The Labute approximate surface area is 112 Å². The molecular weight excluding hydrogens is 268 g/mol. The number of nitrogens with zero attached hydrogens (tertiary/aromatic N) is 2. The van der Waals surface area contributed by atoms with Crippen LogP contribution in [0.3, 0.4) is 0 Å². The summed E-state index contributed by atoms with van der Waals surface area (Å²) in [4.78, 5) is 18.0. The summed E-state index contributed by atoms with van der Waals surface area (Å²) in [6.45, 7) is 5.68. The van der Waals surface area contributed by atoms with Crippen LogP contribution in [-0.2, 0) is 9.84 Å². The number of hydrogen-bond acceptors (Lipinski definition) is 5. The van der Waals surface area contributed by atoms with Gasteiger partial charge in [-0.3, -0.25) is 4.79 Å². The number of aryl methyl sites for hydroxylation is 2. The largest absolute Gasteiger partial charge is 0.436 e. The number of rotatable bonds is 3. The van der Waals surface area contributed by atoms with E-state index in [2.05, 4.69) is 4.98 Å². The maximum absolute atomic E-state index is 12.4. The minimum absolute atomic E-state index is 0.0404. The summed E-state index contributed by atoms with van der Waals surface area (Å²) in [6, 6.07) is -0.257. The summed E-state index contributed by atoms with van der Waals surface area (Å²) in [5, 5.41) is 0. The average Bonchev–Trinajstić information content (AvgIpc) is 2.82. The Balaban J connectivity index is 2.23. The third kappa shape index (κ3) is 2.80. The lowest BCUT2D eigenvalue weighted by Crippen LogP contribution is -2.41. The number of aromatic nitrogens is 1. The van der Waals surface area contributed by atoms with Gasteiger partial charge >= 0.3 is 0 Å². The molecule has 1 unspecified atom stereocenters. The Hall–Kier alpha value is -1.37. The quantitative estimate of drug-likeness (QED) is 0.826. The minimum Gasteiger partial charge on any atom is -0.436 e. The molecule has 0 N–H and O–H groups in total. The van der Waals surface area contributed by atoms with Gasteiger partial charge in [-0.05, 0) is 20.3 Å². The van der Waals surface area contributed by atoms with Crippen molar-refractivity contribution in [2.75, 3.05) is 18.1 Å². The van der Waals surface area contributed by atoms with Crippen LogP contribution in [0.2, 0.25) is 0 Å². The SMILES string of the molecule is CCN(C(=O)c1oc(C)nc1C)C1CCS(=O)(=O)C1. The van der Waals surface area contributed by atoms with E-state index < -0.39 is 9.84 Å². The molecule has 6 nitrogen and oxygen atoms in total. The number of sulfone groups is 1. The van der Waals surface area contributed by atoms with Gasteiger partial charge in [0.25, 0.3) is 5.91 Å². The van der Waals surface area contributed by atoms with Crippen molar-refractivity contribution in [1.29, 1.82) is 0 Å². The molecule has 2 heterocycles. The van der Waals surface area contributed by atoms with Gasteiger partial charge in [0, 0.05) is 19.5 Å². The highest BCUT2D eigenvalue weighted by atomic mass is 32.2. The molecule has 0 spiro atoms. The maximum atomic E-state index is 12.4. The van der Waals surface area contributed by atoms with E-state index in [9.17, 15) is 13.2 Å². The second kappa shape index (κ2) is 4.96. The Morgan fingerprint density at radius 2 is 2.16 bits per heavy atom. The van der Waals surface area contributed by atoms with Crippen molar-refractivity contribution in [1.82, 2.24) is 9.88 Å². The predicted octanol–water partition coefficient (Wildman–Crippen LogP) is 0.941. The fraction of sp³-hybridized carbons (Fsp3) is 0.667. The number of carbonyl (C=O) groups excluding carboxylic acids is 1. The smallest absolute Gasteiger partial charge is 0.291 e. The fourth-order valence-electron chi connectivity index (χ4n) is 2.45. The van der Waals surface area contributed by atoms with Gasteiger partial charge in [-0.25, -0.2) is 13.4 Å². The summed E-state index contributed by atoms with van der Waals surface area (Å²) in [5.74, 6) is 0.566. The van der Waals surface area contributed by atoms with Gasteiger partial charge in [-0.1, -0.05) is 0 Å². The highest BCUT2D eigenvalue weighted by Crippen LogP contribution is 2.21. The average molecular weight is 286 g/mol. The van der Waals surface area contributed by atoms with E-state index in [0.717, 1.165) is 0 Å². The molecule has 2 rings (SSSR count). The van der Waals surface area contributed by atoms with Crippen LogP contribution < -0.4 is 0 Å². The van der Waals surface area contributed by atoms with E-state index in [1.807, 2.05) is 6.92 Å². The molecule has 0 saturated carbocycles. The molecule has 1 aromatic rings. The summed E-state index contributed by atoms with van der Waals surface area (Å²) < 4.78 is 28.4. The molecule has 0 radical (unpaired) electrons. The minimum atomic E-state index is -3.01.